The fraction of sp³-hybridized carbons (Fsp3) is 0.857. The topological polar surface area (TPSA) is 108 Å². The summed E-state index contributed by atoms with van der Waals surface area (Å²) in [6, 6.07) is 0. The Balaban J connectivity index is 4.09. The van der Waals surface area contributed by atoms with Crippen LogP contribution in [-0.4, -0.2) is 74.9 Å². The fourth-order valence-corrected chi connectivity index (χ4v) is 8.59. The van der Waals surface area contributed by atoms with Gasteiger partial charge in [0.1, 0.15) is 19.8 Å². The number of carbonyl (C=O) groups is 2. The van der Waals surface area contributed by atoms with E-state index in [0.717, 1.165) is 44.9 Å². The van der Waals surface area contributed by atoms with E-state index in [0.29, 0.717) is 23.9 Å². The number of hydrogen-bond acceptors (Lipinski definition) is 7. The van der Waals surface area contributed by atoms with E-state index in [9.17, 15) is 19.0 Å². The molecule has 2 unspecified atom stereocenters. The zero-order valence-electron chi connectivity index (χ0n) is 43.9. The molecule has 388 valence electrons. The maximum absolute atomic E-state index is 12.8. The largest absolute Gasteiger partial charge is 0.472 e. The van der Waals surface area contributed by atoms with Gasteiger partial charge in [-0.25, -0.2) is 4.57 Å². The van der Waals surface area contributed by atoms with Crippen LogP contribution in [0.25, 0.3) is 0 Å². The number of likely N-dealkylation sites (N-methyl/N-ethyl adjacent to an activating group) is 1. The first kappa shape index (κ1) is 64.2. The van der Waals surface area contributed by atoms with Crippen LogP contribution in [0.1, 0.15) is 258 Å². The van der Waals surface area contributed by atoms with E-state index in [1.54, 1.807) is 0 Å². The molecular formula is C56H107NO8P+. The average molecular weight is 953 g/mol. The van der Waals surface area contributed by atoms with Gasteiger partial charge in [0, 0.05) is 12.8 Å². The fourth-order valence-electron chi connectivity index (χ4n) is 7.85. The first-order valence-electron chi connectivity index (χ1n) is 27.7. The van der Waals surface area contributed by atoms with E-state index < -0.39 is 26.5 Å². The van der Waals surface area contributed by atoms with Gasteiger partial charge in [0.2, 0.25) is 0 Å². The molecule has 0 rings (SSSR count). The first-order chi connectivity index (χ1) is 32.0. The molecule has 0 aromatic carbocycles. The van der Waals surface area contributed by atoms with Crippen molar-refractivity contribution >= 4 is 19.8 Å². The van der Waals surface area contributed by atoms with E-state index >= 15 is 0 Å². The van der Waals surface area contributed by atoms with Crippen molar-refractivity contribution in [1.29, 1.82) is 0 Å². The molecular weight excluding hydrogens is 846 g/mol. The maximum atomic E-state index is 12.8. The molecule has 2 atom stereocenters. The summed E-state index contributed by atoms with van der Waals surface area (Å²) in [6.45, 7) is 4.44. The zero-order chi connectivity index (χ0) is 48.5. The third-order valence-corrected chi connectivity index (χ3v) is 13.2. The lowest BCUT2D eigenvalue weighted by molar-refractivity contribution is -0.870. The SMILES string of the molecule is CCCCCCC/C=C\C/C=C\C/C=C\CCCCCCCCCCCCCCCCC(=O)OC(COC(=O)CCCCCCCCCCCCCCC)COP(=O)(O)OCC[N+](C)(C)C. The smallest absolute Gasteiger partial charge is 0.462 e. The third kappa shape index (κ3) is 51.6. The monoisotopic (exact) mass is 953 g/mol. The second-order valence-corrected chi connectivity index (χ2v) is 21.4. The molecule has 0 aromatic rings. The van der Waals surface area contributed by atoms with Gasteiger partial charge >= 0.3 is 19.8 Å². The van der Waals surface area contributed by atoms with Gasteiger partial charge in [0.05, 0.1) is 27.7 Å². The van der Waals surface area contributed by atoms with Gasteiger partial charge in [-0.3, -0.25) is 18.6 Å². The molecule has 0 spiro atoms. The zero-order valence-corrected chi connectivity index (χ0v) is 44.8. The van der Waals surface area contributed by atoms with Gasteiger partial charge in [-0.05, 0) is 51.4 Å². The Labute approximate surface area is 408 Å². The minimum absolute atomic E-state index is 0.0334. The molecule has 0 amide bonds. The summed E-state index contributed by atoms with van der Waals surface area (Å²) >= 11 is 0. The second kappa shape index (κ2) is 48.3. The average Bonchev–Trinajstić information content (AvgIpc) is 3.27. The minimum Gasteiger partial charge on any atom is -0.462 e. The van der Waals surface area contributed by atoms with Crippen LogP contribution in [0.3, 0.4) is 0 Å². The van der Waals surface area contributed by atoms with Gasteiger partial charge < -0.3 is 18.9 Å². The van der Waals surface area contributed by atoms with Crippen molar-refractivity contribution in [3.05, 3.63) is 36.5 Å². The number of phosphoric acid groups is 1. The predicted octanol–water partition coefficient (Wildman–Crippen LogP) is 16.8. The molecule has 0 bridgehead atoms. The van der Waals surface area contributed by atoms with Gasteiger partial charge in [0.25, 0.3) is 0 Å². The summed E-state index contributed by atoms with van der Waals surface area (Å²) in [5, 5.41) is 0. The van der Waals surface area contributed by atoms with Crippen LogP contribution in [0, 0.1) is 0 Å². The summed E-state index contributed by atoms with van der Waals surface area (Å²) in [6.07, 6.45) is 57.8. The van der Waals surface area contributed by atoms with E-state index in [1.807, 2.05) is 21.1 Å². The molecule has 66 heavy (non-hydrogen) atoms. The maximum Gasteiger partial charge on any atom is 0.472 e. The van der Waals surface area contributed by atoms with E-state index in [-0.39, 0.29) is 25.6 Å². The summed E-state index contributed by atoms with van der Waals surface area (Å²) in [5.74, 6) is -0.788. The molecule has 0 aromatic heterocycles. The molecule has 0 saturated heterocycles. The number of unbranched alkanes of at least 4 members (excludes halogenated alkanes) is 31. The quantitative estimate of drug-likeness (QED) is 0.0211. The van der Waals surface area contributed by atoms with E-state index in [2.05, 4.69) is 50.3 Å². The Morgan fingerprint density at radius 3 is 1.21 bits per heavy atom. The Kier molecular flexibility index (Phi) is 47.0. The van der Waals surface area contributed by atoms with Crippen LogP contribution < -0.4 is 0 Å². The van der Waals surface area contributed by atoms with Crippen molar-refractivity contribution in [1.82, 2.24) is 0 Å². The summed E-state index contributed by atoms with van der Waals surface area (Å²) in [5.41, 5.74) is 0. The molecule has 0 radical (unpaired) electrons. The van der Waals surface area contributed by atoms with Gasteiger partial charge in [0.15, 0.2) is 6.10 Å². The second-order valence-electron chi connectivity index (χ2n) is 20.0. The number of rotatable bonds is 51. The molecule has 10 heteroatoms. The van der Waals surface area contributed by atoms with Gasteiger partial charge in [-0.15, -0.1) is 0 Å². The van der Waals surface area contributed by atoms with E-state index in [4.69, 9.17) is 18.5 Å². The number of phosphoric ester groups is 1. The first-order valence-corrected chi connectivity index (χ1v) is 29.2. The van der Waals surface area contributed by atoms with Crippen molar-refractivity contribution in [3.8, 4) is 0 Å². The Bertz CT molecular complexity index is 1210. The number of nitrogens with zero attached hydrogens (tertiary/aromatic N) is 1. The van der Waals surface area contributed by atoms with Crippen molar-refractivity contribution in [2.75, 3.05) is 47.5 Å². The molecule has 0 saturated carbocycles. The normalized spacial score (nSPS) is 13.6. The number of hydrogen-bond donors (Lipinski definition) is 1. The molecule has 0 aliphatic heterocycles. The highest BCUT2D eigenvalue weighted by molar-refractivity contribution is 7.47. The van der Waals surface area contributed by atoms with E-state index in [1.165, 1.54) is 180 Å². The van der Waals surface area contributed by atoms with Crippen LogP contribution in [0.4, 0.5) is 0 Å². The highest BCUT2D eigenvalue weighted by Gasteiger charge is 2.27. The lowest BCUT2D eigenvalue weighted by Crippen LogP contribution is -2.37. The Morgan fingerprint density at radius 1 is 0.470 bits per heavy atom. The minimum atomic E-state index is -4.38. The number of esters is 2. The van der Waals surface area contributed by atoms with Crippen LogP contribution in [0.5, 0.6) is 0 Å². The van der Waals surface area contributed by atoms with Gasteiger partial charge in [-0.2, -0.15) is 0 Å². The third-order valence-electron chi connectivity index (χ3n) is 12.2. The number of quaternary nitrogens is 1. The van der Waals surface area contributed by atoms with Crippen LogP contribution in [0.15, 0.2) is 36.5 Å². The van der Waals surface area contributed by atoms with Crippen LogP contribution >= 0.6 is 7.82 Å². The van der Waals surface area contributed by atoms with Crippen LogP contribution in [-0.2, 0) is 32.7 Å². The van der Waals surface area contributed by atoms with Crippen molar-refractivity contribution in [2.45, 2.75) is 264 Å². The molecule has 0 aliphatic rings. The summed E-state index contributed by atoms with van der Waals surface area (Å²) < 4.78 is 34.5. The highest BCUT2D eigenvalue weighted by atomic mass is 31.2. The Hall–Kier alpha value is -1.77. The molecule has 9 nitrogen and oxygen atoms in total. The number of ether oxygens (including phenoxy) is 2. The summed E-state index contributed by atoms with van der Waals surface area (Å²) in [7, 11) is 1.49. The van der Waals surface area contributed by atoms with Gasteiger partial charge in [-0.1, -0.05) is 230 Å². The van der Waals surface area contributed by atoms with Crippen molar-refractivity contribution in [3.63, 3.8) is 0 Å². The number of allylic oxidation sites excluding steroid dienone is 6. The molecule has 0 aliphatic carbocycles. The predicted molar refractivity (Wildman–Crippen MR) is 280 cm³/mol. The lowest BCUT2D eigenvalue weighted by atomic mass is 10.0. The number of carbonyl (C=O) groups excluding carboxylic acids is 2. The molecule has 1 N–H and O–H groups in total. The lowest BCUT2D eigenvalue weighted by Gasteiger charge is -2.24. The standard InChI is InChI=1S/C56H106NO8P/c1-6-8-10-12-14-16-18-20-21-22-23-24-25-26-27-28-29-30-31-32-33-34-35-37-39-41-43-45-47-49-56(59)65-54(53-64-66(60,61)63-51-50-57(3,4)5)52-62-55(58)48-46-44-42-40-38-36-19-17-15-13-11-9-7-2/h18,20,22-23,25-26,54H,6-17,19,21,24,27-53H2,1-5H3/p+1/b20-18-,23-22-,26-25-. The van der Waals surface area contributed by atoms with Crippen molar-refractivity contribution < 1.29 is 42.1 Å². The Morgan fingerprint density at radius 2 is 0.818 bits per heavy atom. The highest BCUT2D eigenvalue weighted by Crippen LogP contribution is 2.43. The summed E-state index contributed by atoms with van der Waals surface area (Å²) in [4.78, 5) is 35.6. The molecule has 0 heterocycles. The van der Waals surface area contributed by atoms with Crippen LogP contribution in [0.2, 0.25) is 0 Å². The molecule has 0 fully saturated rings. The van der Waals surface area contributed by atoms with Crippen molar-refractivity contribution in [2.24, 2.45) is 0 Å².